The molecule has 1 aromatic rings. The van der Waals surface area contributed by atoms with Crippen LogP contribution in [0.4, 0.5) is 0 Å². The standard InChI is InChI=1S/C17H27N3O3/c1-3-20-11-13(10-18-20)15-14(6-9-23-15)16(21)19(2)12-17(22)7-4-5-8-17/h10-11,14-15,22H,3-9,12H2,1-2H3/t14-,15+/m0/s1. The van der Waals surface area contributed by atoms with E-state index in [9.17, 15) is 9.90 Å². The van der Waals surface area contributed by atoms with Gasteiger partial charge < -0.3 is 14.7 Å². The van der Waals surface area contributed by atoms with Crippen LogP contribution in [0.5, 0.6) is 0 Å². The van der Waals surface area contributed by atoms with Crippen LogP contribution in [0, 0.1) is 5.92 Å². The Bertz CT molecular complexity index is 551. The predicted octanol–water partition coefficient (Wildman–Crippen LogP) is 1.74. The number of hydrogen-bond acceptors (Lipinski definition) is 4. The Morgan fingerprint density at radius 1 is 1.52 bits per heavy atom. The van der Waals surface area contributed by atoms with Gasteiger partial charge in [0, 0.05) is 38.5 Å². The van der Waals surface area contributed by atoms with Crippen LogP contribution in [-0.4, -0.2) is 51.5 Å². The molecule has 6 heteroatoms. The van der Waals surface area contributed by atoms with Crippen LogP contribution in [0.2, 0.25) is 0 Å². The Balaban J connectivity index is 1.67. The molecule has 1 aliphatic carbocycles. The summed E-state index contributed by atoms with van der Waals surface area (Å²) in [6, 6.07) is 0. The lowest BCUT2D eigenvalue weighted by molar-refractivity contribution is -0.139. The van der Waals surface area contributed by atoms with Gasteiger partial charge in [0.25, 0.3) is 0 Å². The van der Waals surface area contributed by atoms with Crippen LogP contribution < -0.4 is 0 Å². The number of ether oxygens (including phenoxy) is 1. The molecular formula is C17H27N3O3. The van der Waals surface area contributed by atoms with E-state index in [1.54, 1.807) is 18.1 Å². The molecule has 1 saturated heterocycles. The number of nitrogens with zero attached hydrogens (tertiary/aromatic N) is 3. The molecule has 3 rings (SSSR count). The molecule has 1 amide bonds. The summed E-state index contributed by atoms with van der Waals surface area (Å²) in [6.07, 6.45) is 7.93. The fourth-order valence-corrected chi connectivity index (χ4v) is 3.86. The summed E-state index contributed by atoms with van der Waals surface area (Å²) in [5, 5.41) is 14.8. The van der Waals surface area contributed by atoms with Crippen molar-refractivity contribution in [2.45, 2.75) is 57.3 Å². The smallest absolute Gasteiger partial charge is 0.228 e. The molecule has 0 unspecified atom stereocenters. The summed E-state index contributed by atoms with van der Waals surface area (Å²) in [7, 11) is 1.80. The molecule has 23 heavy (non-hydrogen) atoms. The van der Waals surface area contributed by atoms with Crippen molar-refractivity contribution >= 4 is 5.91 Å². The van der Waals surface area contributed by atoms with Crippen LogP contribution >= 0.6 is 0 Å². The van der Waals surface area contributed by atoms with Gasteiger partial charge >= 0.3 is 0 Å². The molecule has 0 aromatic carbocycles. The normalized spacial score (nSPS) is 26.6. The van der Waals surface area contributed by atoms with Crippen molar-refractivity contribution in [2.75, 3.05) is 20.2 Å². The number of aromatic nitrogens is 2. The molecule has 0 radical (unpaired) electrons. The zero-order chi connectivity index (χ0) is 16.4. The van der Waals surface area contributed by atoms with Crippen LogP contribution in [0.15, 0.2) is 12.4 Å². The molecule has 1 saturated carbocycles. The van der Waals surface area contributed by atoms with E-state index in [0.29, 0.717) is 13.2 Å². The van der Waals surface area contributed by atoms with Gasteiger partial charge in [-0.2, -0.15) is 5.10 Å². The highest BCUT2D eigenvalue weighted by Gasteiger charge is 2.40. The maximum Gasteiger partial charge on any atom is 0.228 e. The first kappa shape index (κ1) is 16.5. The first-order valence-corrected chi connectivity index (χ1v) is 8.64. The molecule has 2 aliphatic rings. The van der Waals surface area contributed by atoms with E-state index in [2.05, 4.69) is 5.10 Å². The van der Waals surface area contributed by atoms with Crippen molar-refractivity contribution in [1.29, 1.82) is 0 Å². The van der Waals surface area contributed by atoms with Crippen molar-refractivity contribution in [3.63, 3.8) is 0 Å². The summed E-state index contributed by atoms with van der Waals surface area (Å²) in [4.78, 5) is 14.5. The first-order chi connectivity index (χ1) is 11.0. The maximum atomic E-state index is 12.8. The highest BCUT2D eigenvalue weighted by Crippen LogP contribution is 2.36. The number of hydrogen-bond donors (Lipinski definition) is 1. The van der Waals surface area contributed by atoms with E-state index in [-0.39, 0.29) is 17.9 Å². The van der Waals surface area contributed by atoms with E-state index >= 15 is 0 Å². The monoisotopic (exact) mass is 321 g/mol. The minimum Gasteiger partial charge on any atom is -0.388 e. The topological polar surface area (TPSA) is 67.6 Å². The molecule has 1 N–H and O–H groups in total. The van der Waals surface area contributed by atoms with Gasteiger partial charge in [-0.15, -0.1) is 0 Å². The molecule has 0 bridgehead atoms. The van der Waals surface area contributed by atoms with Crippen molar-refractivity contribution in [1.82, 2.24) is 14.7 Å². The fourth-order valence-electron chi connectivity index (χ4n) is 3.86. The second-order valence-electron chi connectivity index (χ2n) is 6.94. The Hall–Kier alpha value is -1.40. The minimum absolute atomic E-state index is 0.0667. The van der Waals surface area contributed by atoms with E-state index in [1.807, 2.05) is 17.8 Å². The summed E-state index contributed by atoms with van der Waals surface area (Å²) < 4.78 is 7.66. The van der Waals surface area contributed by atoms with Gasteiger partial charge in [0.15, 0.2) is 0 Å². The van der Waals surface area contributed by atoms with E-state index < -0.39 is 5.60 Å². The number of carbonyl (C=O) groups is 1. The Labute approximate surface area is 137 Å². The fraction of sp³-hybridized carbons (Fsp3) is 0.765. The van der Waals surface area contributed by atoms with Gasteiger partial charge in [-0.1, -0.05) is 12.8 Å². The first-order valence-electron chi connectivity index (χ1n) is 8.64. The third kappa shape index (κ3) is 3.43. The van der Waals surface area contributed by atoms with Gasteiger partial charge in [0.05, 0.1) is 23.8 Å². The number of likely N-dealkylation sites (N-methyl/N-ethyl adjacent to an activating group) is 1. The van der Waals surface area contributed by atoms with E-state index in [0.717, 1.165) is 44.2 Å². The molecule has 2 atom stereocenters. The second-order valence-corrected chi connectivity index (χ2v) is 6.94. The Kier molecular flexibility index (Phi) is 4.73. The third-order valence-electron chi connectivity index (χ3n) is 5.16. The number of aliphatic hydroxyl groups is 1. The van der Waals surface area contributed by atoms with Gasteiger partial charge in [-0.05, 0) is 26.2 Å². The SMILES string of the molecule is CCn1cc([C@H]2OCC[C@@H]2C(=O)N(C)CC2(O)CCCC2)cn1. The van der Waals surface area contributed by atoms with Crippen LogP contribution in [0.3, 0.4) is 0 Å². The number of carbonyl (C=O) groups excluding carboxylic acids is 1. The van der Waals surface area contributed by atoms with Crippen molar-refractivity contribution in [2.24, 2.45) is 5.92 Å². The van der Waals surface area contributed by atoms with Gasteiger partial charge in [-0.25, -0.2) is 0 Å². The molecule has 128 valence electrons. The third-order valence-corrected chi connectivity index (χ3v) is 5.16. The lowest BCUT2D eigenvalue weighted by Crippen LogP contribution is -2.44. The van der Waals surface area contributed by atoms with Crippen LogP contribution in [0.25, 0.3) is 0 Å². The Morgan fingerprint density at radius 2 is 2.26 bits per heavy atom. The quantitative estimate of drug-likeness (QED) is 0.897. The lowest BCUT2D eigenvalue weighted by atomic mass is 9.94. The van der Waals surface area contributed by atoms with Crippen molar-refractivity contribution in [3.8, 4) is 0 Å². The summed E-state index contributed by atoms with van der Waals surface area (Å²) >= 11 is 0. The van der Waals surface area contributed by atoms with Crippen molar-refractivity contribution < 1.29 is 14.6 Å². The van der Waals surface area contributed by atoms with E-state index in [4.69, 9.17) is 4.74 Å². The highest BCUT2D eigenvalue weighted by atomic mass is 16.5. The molecule has 2 heterocycles. The number of amides is 1. The zero-order valence-electron chi connectivity index (χ0n) is 14.1. The molecule has 2 fully saturated rings. The summed E-state index contributed by atoms with van der Waals surface area (Å²) in [5.74, 6) is -0.114. The highest BCUT2D eigenvalue weighted by molar-refractivity contribution is 5.79. The average molecular weight is 321 g/mol. The lowest BCUT2D eigenvalue weighted by Gasteiger charge is -2.31. The molecular weight excluding hydrogens is 294 g/mol. The van der Waals surface area contributed by atoms with Crippen LogP contribution in [-0.2, 0) is 16.1 Å². The van der Waals surface area contributed by atoms with E-state index in [1.165, 1.54) is 0 Å². The molecule has 0 spiro atoms. The van der Waals surface area contributed by atoms with Gasteiger partial charge in [0.2, 0.25) is 5.91 Å². The second kappa shape index (κ2) is 6.61. The Morgan fingerprint density at radius 3 is 2.91 bits per heavy atom. The van der Waals surface area contributed by atoms with Gasteiger partial charge in [0.1, 0.15) is 0 Å². The predicted molar refractivity (Wildman–Crippen MR) is 85.8 cm³/mol. The van der Waals surface area contributed by atoms with Gasteiger partial charge in [-0.3, -0.25) is 9.48 Å². The van der Waals surface area contributed by atoms with Crippen LogP contribution in [0.1, 0.15) is 50.7 Å². The molecule has 1 aliphatic heterocycles. The number of aryl methyl sites for hydroxylation is 1. The largest absolute Gasteiger partial charge is 0.388 e. The summed E-state index contributed by atoms with van der Waals surface area (Å²) in [5.41, 5.74) is 0.266. The molecule has 6 nitrogen and oxygen atoms in total. The average Bonchev–Trinajstić information content (AvgIpc) is 3.25. The summed E-state index contributed by atoms with van der Waals surface area (Å²) in [6.45, 7) is 3.85. The van der Waals surface area contributed by atoms with Crippen molar-refractivity contribution in [3.05, 3.63) is 18.0 Å². The zero-order valence-corrected chi connectivity index (χ0v) is 14.1. The maximum absolute atomic E-state index is 12.8. The molecule has 1 aromatic heterocycles. The number of rotatable bonds is 5. The minimum atomic E-state index is -0.702.